The monoisotopic (exact) mass is 602 g/mol. The summed E-state index contributed by atoms with van der Waals surface area (Å²) in [5.41, 5.74) is 4.22. The highest BCUT2D eigenvalue weighted by molar-refractivity contribution is 7.22. The van der Waals surface area contributed by atoms with Gasteiger partial charge in [-0.2, -0.15) is 0 Å². The topological polar surface area (TPSA) is 40.2 Å². The van der Waals surface area contributed by atoms with Crippen LogP contribution in [-0.2, 0) is 0 Å². The molecule has 0 aliphatic carbocycles. The van der Waals surface area contributed by atoms with E-state index in [0.29, 0.717) is 37.1 Å². The molecule has 0 saturated carbocycles. The van der Waals surface area contributed by atoms with Gasteiger partial charge in [0.25, 0.3) is 0 Å². The molecule has 0 N–H and O–H groups in total. The first kappa shape index (κ1) is 29.8. The summed E-state index contributed by atoms with van der Waals surface area (Å²) < 4.78 is 34.2. The van der Waals surface area contributed by atoms with Gasteiger partial charge in [-0.05, 0) is 139 Å². The largest absolute Gasteiger partial charge is 0.496 e. The first-order valence-corrected chi connectivity index (χ1v) is 16.3. The summed E-state index contributed by atoms with van der Waals surface area (Å²) >= 11 is 1.57. The van der Waals surface area contributed by atoms with Crippen LogP contribution in [0.4, 0.5) is 0 Å². The van der Waals surface area contributed by atoms with E-state index in [1.165, 1.54) is 19.3 Å². The molecular weight excluding hydrogens is 554 g/mol. The van der Waals surface area contributed by atoms with E-state index in [0.717, 1.165) is 60.2 Å². The molecule has 1 aromatic heterocycles. The predicted octanol–water partition coefficient (Wildman–Crippen LogP) is 10.1. The maximum absolute atomic E-state index is 8.93. The van der Waals surface area contributed by atoms with Gasteiger partial charge in [0, 0.05) is 27.7 Å². The Balaban J connectivity index is 1.46. The summed E-state index contributed by atoms with van der Waals surface area (Å²) in [4.78, 5) is 3.61. The second kappa shape index (κ2) is 12.8. The van der Waals surface area contributed by atoms with Crippen LogP contribution in [0.2, 0.25) is 0 Å². The Morgan fingerprint density at radius 3 is 2.37 bits per heavy atom. The number of thiophene rings is 1. The van der Waals surface area contributed by atoms with Gasteiger partial charge in [0.15, 0.2) is 5.75 Å². The van der Waals surface area contributed by atoms with Crippen molar-refractivity contribution in [2.45, 2.75) is 92.3 Å². The highest BCUT2D eigenvalue weighted by atomic mass is 32.1. The average molecular weight is 603 g/mol. The van der Waals surface area contributed by atoms with Gasteiger partial charge in [-0.1, -0.05) is 6.42 Å². The van der Waals surface area contributed by atoms with Gasteiger partial charge in [-0.3, -0.25) is 4.90 Å². The van der Waals surface area contributed by atoms with Gasteiger partial charge in [0.1, 0.15) is 29.6 Å². The van der Waals surface area contributed by atoms with E-state index in [1.54, 1.807) is 18.4 Å². The Bertz CT molecular complexity index is 1640. The van der Waals surface area contributed by atoms with Crippen LogP contribution in [0.1, 0.15) is 71.9 Å². The number of likely N-dealkylation sites (tertiary alicyclic amines) is 1. The maximum atomic E-state index is 8.93. The van der Waals surface area contributed by atoms with Crippen LogP contribution in [-0.4, -0.2) is 42.8 Å². The number of hydrogen-bond acceptors (Lipinski definition) is 6. The number of piperidine rings is 1. The second-order valence-electron chi connectivity index (χ2n) is 12.5. The summed E-state index contributed by atoms with van der Waals surface area (Å²) in [5, 5.41) is 0.911. The van der Waals surface area contributed by atoms with Crippen LogP contribution in [0.15, 0.2) is 48.5 Å². The number of ether oxygens (including phenoxy) is 4. The molecule has 0 amide bonds. The second-order valence-corrected chi connectivity index (χ2v) is 13.6. The fourth-order valence-corrected chi connectivity index (χ4v) is 7.93. The Kier molecular flexibility index (Phi) is 8.88. The molecule has 5 nitrogen and oxygen atoms in total. The number of benzene rings is 3. The van der Waals surface area contributed by atoms with Gasteiger partial charge in [0.2, 0.25) is 0 Å². The average Bonchev–Trinajstić information content (AvgIpc) is 3.31. The Morgan fingerprint density at radius 2 is 1.70 bits per heavy atom. The number of hydrogen-bond donors (Lipinski definition) is 0. The standard InChI is InChI=1S/C37H47NO4S/c1-10-40-28-13-15-30(23(2)18-28)36-35(31-20-25(4)33(39-9)21-34(31)43-36)42-32-16-14-29(19-24(32)3)41-22-27(6)38-26(5)12-11-17-37(38,7)8/h13-16,18-21,26-27H,10-12,17,22H2,1-9H3/i21D. The van der Waals surface area contributed by atoms with Crippen LogP contribution in [0.5, 0.6) is 28.7 Å². The van der Waals surface area contributed by atoms with Gasteiger partial charge in [-0.15, -0.1) is 11.3 Å². The molecule has 1 fully saturated rings. The Labute approximate surface area is 263 Å². The first-order valence-electron chi connectivity index (χ1n) is 16.0. The predicted molar refractivity (Wildman–Crippen MR) is 180 cm³/mol. The molecule has 0 spiro atoms. The molecule has 1 saturated heterocycles. The van der Waals surface area contributed by atoms with E-state index >= 15 is 0 Å². The van der Waals surface area contributed by atoms with E-state index < -0.39 is 0 Å². The van der Waals surface area contributed by atoms with Crippen molar-refractivity contribution in [3.05, 3.63) is 65.2 Å². The van der Waals surface area contributed by atoms with Crippen molar-refractivity contribution in [2.75, 3.05) is 20.3 Å². The number of nitrogens with zero attached hydrogens (tertiary/aromatic N) is 1. The van der Waals surface area contributed by atoms with Gasteiger partial charge in [-0.25, -0.2) is 0 Å². The zero-order chi connectivity index (χ0) is 31.8. The normalized spacial score (nSPS) is 17.9. The van der Waals surface area contributed by atoms with Crippen molar-refractivity contribution >= 4 is 21.4 Å². The van der Waals surface area contributed by atoms with Crippen molar-refractivity contribution in [1.29, 1.82) is 0 Å². The zero-order valence-electron chi connectivity index (χ0n) is 28.2. The smallest absolute Gasteiger partial charge is 0.153 e. The summed E-state index contributed by atoms with van der Waals surface area (Å²) in [6.45, 7) is 18.7. The van der Waals surface area contributed by atoms with Crippen molar-refractivity contribution in [1.82, 2.24) is 4.90 Å². The van der Waals surface area contributed by atoms with Crippen molar-refractivity contribution < 1.29 is 20.3 Å². The SMILES string of the molecule is [2H]c1c(OC)c(C)cc2c(Oc3ccc(OCC(C)N4C(C)CCCC4(C)C)cc3C)c(-c3ccc(OCC)cc3C)sc12. The number of fused-ring (bicyclic) bond motifs is 1. The molecule has 2 heterocycles. The van der Waals surface area contributed by atoms with Crippen molar-refractivity contribution in [3.8, 4) is 39.2 Å². The number of methoxy groups -OCH3 is 1. The molecule has 230 valence electrons. The molecule has 5 rings (SSSR count). The molecule has 2 atom stereocenters. The third-order valence-electron chi connectivity index (χ3n) is 8.71. The van der Waals surface area contributed by atoms with Gasteiger partial charge >= 0.3 is 0 Å². The fourth-order valence-electron chi connectivity index (χ4n) is 6.73. The number of rotatable bonds is 10. The van der Waals surface area contributed by atoms with Gasteiger partial charge < -0.3 is 18.9 Å². The zero-order valence-corrected chi connectivity index (χ0v) is 28.0. The lowest BCUT2D eigenvalue weighted by Gasteiger charge is -2.49. The number of aryl methyl sites for hydroxylation is 3. The van der Waals surface area contributed by atoms with Crippen LogP contribution in [0.3, 0.4) is 0 Å². The lowest BCUT2D eigenvalue weighted by atomic mass is 9.85. The fraction of sp³-hybridized carbons (Fsp3) is 0.459. The lowest BCUT2D eigenvalue weighted by Crippen LogP contribution is -2.57. The lowest BCUT2D eigenvalue weighted by molar-refractivity contribution is -0.0169. The summed E-state index contributed by atoms with van der Waals surface area (Å²) in [6, 6.07) is 15.5. The summed E-state index contributed by atoms with van der Waals surface area (Å²) in [7, 11) is 1.62. The molecule has 0 bridgehead atoms. The van der Waals surface area contributed by atoms with Crippen LogP contribution in [0.25, 0.3) is 20.5 Å². The van der Waals surface area contributed by atoms with E-state index in [9.17, 15) is 0 Å². The molecule has 43 heavy (non-hydrogen) atoms. The molecular formula is C37H47NO4S. The van der Waals surface area contributed by atoms with E-state index in [1.807, 2.05) is 32.0 Å². The van der Waals surface area contributed by atoms with Crippen LogP contribution in [0, 0.1) is 20.8 Å². The maximum Gasteiger partial charge on any atom is 0.153 e. The Morgan fingerprint density at radius 1 is 1.00 bits per heavy atom. The highest BCUT2D eigenvalue weighted by Gasteiger charge is 2.37. The molecule has 2 unspecified atom stereocenters. The van der Waals surface area contributed by atoms with E-state index in [-0.39, 0.29) is 5.54 Å². The minimum atomic E-state index is 0.179. The van der Waals surface area contributed by atoms with E-state index in [2.05, 4.69) is 70.7 Å². The molecule has 3 aromatic carbocycles. The van der Waals surface area contributed by atoms with Crippen LogP contribution >= 0.6 is 11.3 Å². The summed E-state index contributed by atoms with van der Waals surface area (Å²) in [6.07, 6.45) is 3.74. The minimum absolute atomic E-state index is 0.179. The molecule has 1 aliphatic rings. The molecule has 1 aliphatic heterocycles. The third kappa shape index (κ3) is 6.51. The highest BCUT2D eigenvalue weighted by Crippen LogP contribution is 2.49. The molecule has 4 aromatic rings. The summed E-state index contributed by atoms with van der Waals surface area (Å²) in [5.74, 6) is 3.80. The molecule has 6 heteroatoms. The van der Waals surface area contributed by atoms with Crippen molar-refractivity contribution in [3.63, 3.8) is 0 Å². The quantitative estimate of drug-likeness (QED) is 0.181. The third-order valence-corrected chi connectivity index (χ3v) is 9.85. The minimum Gasteiger partial charge on any atom is -0.496 e. The van der Waals surface area contributed by atoms with Gasteiger partial charge in [0.05, 0.1) is 20.0 Å². The first-order chi connectivity index (χ1) is 20.9. The van der Waals surface area contributed by atoms with E-state index in [4.69, 9.17) is 20.3 Å². The molecule has 0 radical (unpaired) electrons. The Hall–Kier alpha value is -3.22. The van der Waals surface area contributed by atoms with Crippen LogP contribution < -0.4 is 18.9 Å². The van der Waals surface area contributed by atoms with Crippen molar-refractivity contribution in [2.24, 2.45) is 0 Å².